The zero-order chi connectivity index (χ0) is 10.8. The summed E-state index contributed by atoms with van der Waals surface area (Å²) in [5.41, 5.74) is 3.11. The molecule has 1 rings (SSSR count). The van der Waals surface area contributed by atoms with Gasteiger partial charge in [0.25, 0.3) is 0 Å². The van der Waals surface area contributed by atoms with E-state index in [4.69, 9.17) is 0 Å². The number of rotatable bonds is 1. The standard InChI is InChI=1S/C13H20O/c1-10(9-13(2,3)4)11-5-7-12(14)8-6-11/h5,7-8,14H,6,9H2,1-4H3. The van der Waals surface area contributed by atoms with Gasteiger partial charge >= 0.3 is 0 Å². The van der Waals surface area contributed by atoms with Crippen LogP contribution in [0.5, 0.6) is 0 Å². The van der Waals surface area contributed by atoms with Crippen molar-refractivity contribution in [1.82, 2.24) is 0 Å². The number of aliphatic hydroxyl groups excluding tert-OH is 1. The Morgan fingerprint density at radius 2 is 2.00 bits per heavy atom. The second kappa shape index (κ2) is 4.04. The molecule has 0 amide bonds. The highest BCUT2D eigenvalue weighted by molar-refractivity contribution is 5.35. The van der Waals surface area contributed by atoms with Crippen LogP contribution in [0.1, 0.15) is 40.5 Å². The van der Waals surface area contributed by atoms with Crippen LogP contribution in [-0.4, -0.2) is 5.11 Å². The Morgan fingerprint density at radius 3 is 2.43 bits per heavy atom. The second-order valence-electron chi connectivity index (χ2n) is 5.21. The van der Waals surface area contributed by atoms with Gasteiger partial charge in [-0.1, -0.05) is 32.4 Å². The van der Waals surface area contributed by atoms with Gasteiger partial charge in [0.05, 0.1) is 0 Å². The van der Waals surface area contributed by atoms with Gasteiger partial charge < -0.3 is 5.11 Å². The topological polar surface area (TPSA) is 20.2 Å². The molecular formula is C13H20O. The van der Waals surface area contributed by atoms with Gasteiger partial charge in [-0.2, -0.15) is 0 Å². The van der Waals surface area contributed by atoms with Gasteiger partial charge in [-0.25, -0.2) is 0 Å². The molecule has 1 nitrogen and oxygen atoms in total. The predicted octanol–water partition coefficient (Wildman–Crippen LogP) is 4.14. The largest absolute Gasteiger partial charge is 0.508 e. The molecule has 0 saturated carbocycles. The third kappa shape index (κ3) is 3.41. The second-order valence-corrected chi connectivity index (χ2v) is 5.21. The molecular weight excluding hydrogens is 172 g/mol. The maximum absolute atomic E-state index is 9.19. The zero-order valence-corrected chi connectivity index (χ0v) is 9.59. The molecule has 0 spiro atoms. The van der Waals surface area contributed by atoms with E-state index >= 15 is 0 Å². The number of hydrogen-bond acceptors (Lipinski definition) is 1. The normalized spacial score (nSPS) is 20.7. The van der Waals surface area contributed by atoms with Gasteiger partial charge in [0, 0.05) is 0 Å². The summed E-state index contributed by atoms with van der Waals surface area (Å²) in [4.78, 5) is 0. The van der Waals surface area contributed by atoms with E-state index in [1.54, 1.807) is 6.08 Å². The average molecular weight is 192 g/mol. The molecule has 1 N–H and O–H groups in total. The van der Waals surface area contributed by atoms with Crippen molar-refractivity contribution in [2.75, 3.05) is 0 Å². The van der Waals surface area contributed by atoms with E-state index in [0.29, 0.717) is 11.2 Å². The van der Waals surface area contributed by atoms with Gasteiger partial charge in [0.15, 0.2) is 0 Å². The summed E-state index contributed by atoms with van der Waals surface area (Å²) in [5, 5.41) is 9.19. The van der Waals surface area contributed by atoms with Crippen molar-refractivity contribution in [3.8, 4) is 0 Å². The molecule has 1 aliphatic carbocycles. The van der Waals surface area contributed by atoms with Crippen LogP contribution in [0, 0.1) is 5.41 Å². The molecule has 0 radical (unpaired) electrons. The smallest absolute Gasteiger partial charge is 0.111 e. The molecule has 1 aliphatic rings. The molecule has 0 unspecified atom stereocenters. The molecule has 0 aromatic carbocycles. The van der Waals surface area contributed by atoms with E-state index in [9.17, 15) is 5.11 Å². The van der Waals surface area contributed by atoms with Crippen LogP contribution < -0.4 is 0 Å². The summed E-state index contributed by atoms with van der Waals surface area (Å²) in [6.45, 7) is 8.92. The number of aliphatic hydroxyl groups is 1. The lowest BCUT2D eigenvalue weighted by Gasteiger charge is -2.20. The maximum atomic E-state index is 9.19. The first-order chi connectivity index (χ1) is 6.38. The lowest BCUT2D eigenvalue weighted by atomic mass is 9.85. The molecule has 0 bridgehead atoms. The molecule has 0 saturated heterocycles. The summed E-state index contributed by atoms with van der Waals surface area (Å²) in [7, 11) is 0. The van der Waals surface area contributed by atoms with Crippen molar-refractivity contribution in [3.63, 3.8) is 0 Å². The Labute approximate surface area is 86.8 Å². The fourth-order valence-electron chi connectivity index (χ4n) is 1.76. The van der Waals surface area contributed by atoms with Crippen molar-refractivity contribution in [2.45, 2.75) is 40.5 Å². The van der Waals surface area contributed by atoms with E-state index in [1.165, 1.54) is 11.1 Å². The number of hydrogen-bond donors (Lipinski definition) is 1. The van der Waals surface area contributed by atoms with Crippen molar-refractivity contribution in [2.24, 2.45) is 5.41 Å². The number of allylic oxidation sites excluding steroid dienone is 5. The third-order valence-electron chi connectivity index (χ3n) is 2.33. The van der Waals surface area contributed by atoms with Crippen LogP contribution in [0.2, 0.25) is 0 Å². The summed E-state index contributed by atoms with van der Waals surface area (Å²) in [5.74, 6) is 0.386. The Balaban J connectivity index is 2.73. The van der Waals surface area contributed by atoms with Crippen molar-refractivity contribution < 1.29 is 5.11 Å². The molecule has 0 fully saturated rings. The van der Waals surface area contributed by atoms with E-state index < -0.39 is 0 Å². The van der Waals surface area contributed by atoms with Crippen LogP contribution in [-0.2, 0) is 0 Å². The summed E-state index contributed by atoms with van der Waals surface area (Å²) < 4.78 is 0. The van der Waals surface area contributed by atoms with E-state index in [2.05, 4.69) is 27.7 Å². The van der Waals surface area contributed by atoms with Gasteiger partial charge in [0.2, 0.25) is 0 Å². The van der Waals surface area contributed by atoms with Crippen LogP contribution in [0.25, 0.3) is 0 Å². The minimum atomic E-state index is 0.341. The van der Waals surface area contributed by atoms with E-state index in [1.807, 2.05) is 12.2 Å². The van der Waals surface area contributed by atoms with Crippen molar-refractivity contribution >= 4 is 0 Å². The lowest BCUT2D eigenvalue weighted by molar-refractivity contribution is 0.408. The van der Waals surface area contributed by atoms with Crippen LogP contribution >= 0.6 is 0 Å². The molecule has 0 aromatic rings. The Kier molecular flexibility index (Phi) is 3.20. The molecule has 1 heteroatoms. The SMILES string of the molecule is CC(CC(C)(C)C)=C1C=CC(O)=CC1. The van der Waals surface area contributed by atoms with Gasteiger partial charge in [-0.15, -0.1) is 0 Å². The third-order valence-corrected chi connectivity index (χ3v) is 2.33. The summed E-state index contributed by atoms with van der Waals surface area (Å²) in [6.07, 6.45) is 7.63. The first-order valence-corrected chi connectivity index (χ1v) is 5.14. The van der Waals surface area contributed by atoms with Crippen molar-refractivity contribution in [3.05, 3.63) is 35.1 Å². The van der Waals surface area contributed by atoms with Crippen LogP contribution in [0.4, 0.5) is 0 Å². The first-order valence-electron chi connectivity index (χ1n) is 5.14. The molecule has 14 heavy (non-hydrogen) atoms. The van der Waals surface area contributed by atoms with Crippen molar-refractivity contribution in [1.29, 1.82) is 0 Å². The zero-order valence-electron chi connectivity index (χ0n) is 9.59. The van der Waals surface area contributed by atoms with Gasteiger partial charge in [-0.3, -0.25) is 0 Å². The molecule has 0 aliphatic heterocycles. The molecule has 0 heterocycles. The highest BCUT2D eigenvalue weighted by Gasteiger charge is 2.13. The van der Waals surface area contributed by atoms with Crippen LogP contribution in [0.15, 0.2) is 35.1 Å². The molecule has 0 aromatic heterocycles. The monoisotopic (exact) mass is 192 g/mol. The predicted molar refractivity (Wildman–Crippen MR) is 61.2 cm³/mol. The Hall–Kier alpha value is -0.980. The Morgan fingerprint density at radius 1 is 1.36 bits per heavy atom. The molecule has 78 valence electrons. The first kappa shape index (κ1) is 11.1. The minimum Gasteiger partial charge on any atom is -0.508 e. The maximum Gasteiger partial charge on any atom is 0.111 e. The van der Waals surface area contributed by atoms with E-state index in [0.717, 1.165) is 12.8 Å². The average Bonchev–Trinajstić information content (AvgIpc) is 2.02. The Bertz CT molecular complexity index is 298. The quantitative estimate of drug-likeness (QED) is 0.662. The minimum absolute atomic E-state index is 0.341. The fourth-order valence-corrected chi connectivity index (χ4v) is 1.76. The summed E-state index contributed by atoms with van der Waals surface area (Å²) in [6, 6.07) is 0. The summed E-state index contributed by atoms with van der Waals surface area (Å²) >= 11 is 0. The molecule has 0 atom stereocenters. The highest BCUT2D eigenvalue weighted by Crippen LogP contribution is 2.28. The van der Waals surface area contributed by atoms with Gasteiger partial charge in [-0.05, 0) is 42.9 Å². The van der Waals surface area contributed by atoms with Crippen LogP contribution in [0.3, 0.4) is 0 Å². The lowest BCUT2D eigenvalue weighted by Crippen LogP contribution is -2.06. The highest BCUT2D eigenvalue weighted by atomic mass is 16.3. The van der Waals surface area contributed by atoms with Gasteiger partial charge in [0.1, 0.15) is 5.76 Å². The fraction of sp³-hybridized carbons (Fsp3) is 0.538. The van der Waals surface area contributed by atoms with E-state index in [-0.39, 0.29) is 0 Å².